The number of nitrogens with one attached hydrogen (secondary N) is 2. The molecule has 2 N–H and O–H groups in total. The van der Waals surface area contributed by atoms with Gasteiger partial charge in [0, 0.05) is 51.1 Å². The minimum atomic E-state index is 0.580. The molecule has 2 saturated carbocycles. The molecule has 0 aromatic heterocycles. The number of ether oxygens (including phenoxy) is 1. The first-order chi connectivity index (χ1) is 10.8. The van der Waals surface area contributed by atoms with Gasteiger partial charge in [0.05, 0.1) is 6.61 Å². The van der Waals surface area contributed by atoms with Crippen LogP contribution >= 0.6 is 11.8 Å². The molecule has 0 aromatic rings. The topological polar surface area (TPSA) is 48.9 Å². The monoisotopic (exact) mass is 328 g/mol. The van der Waals surface area contributed by atoms with Gasteiger partial charge in [-0.1, -0.05) is 0 Å². The molecule has 2 aliphatic carbocycles. The van der Waals surface area contributed by atoms with Gasteiger partial charge in [0.15, 0.2) is 5.96 Å². The van der Waals surface area contributed by atoms with Gasteiger partial charge in [-0.05, 0) is 38.4 Å². The largest absolute Gasteiger partial charge is 0.383 e. The van der Waals surface area contributed by atoms with E-state index in [0.29, 0.717) is 6.04 Å². The normalized spacial score (nSPS) is 25.7. The summed E-state index contributed by atoms with van der Waals surface area (Å²) in [5, 5.41) is 7.86. The van der Waals surface area contributed by atoms with Crippen LogP contribution in [0.5, 0.6) is 0 Å². The highest BCUT2D eigenvalue weighted by Gasteiger charge is 2.28. The first-order valence-corrected chi connectivity index (χ1v) is 9.78. The lowest BCUT2D eigenvalue weighted by Crippen LogP contribution is -2.45. The van der Waals surface area contributed by atoms with Gasteiger partial charge in [0.2, 0.25) is 0 Å². The summed E-state index contributed by atoms with van der Waals surface area (Å²) in [5.74, 6) is 0.953. The third kappa shape index (κ3) is 5.97. The van der Waals surface area contributed by atoms with E-state index >= 15 is 0 Å². The molecule has 128 valence electrons. The van der Waals surface area contributed by atoms with E-state index in [1.54, 1.807) is 7.11 Å². The highest BCUT2D eigenvalue weighted by molar-refractivity contribution is 7.99. The smallest absolute Gasteiger partial charge is 0.191 e. The second-order valence-corrected chi connectivity index (χ2v) is 7.41. The summed E-state index contributed by atoms with van der Waals surface area (Å²) in [6.45, 7) is 3.86. The van der Waals surface area contributed by atoms with Crippen molar-refractivity contribution in [1.82, 2.24) is 15.5 Å². The zero-order valence-electron chi connectivity index (χ0n) is 14.3. The molecule has 2 aliphatic rings. The average molecular weight is 329 g/mol. The van der Waals surface area contributed by atoms with Crippen molar-refractivity contribution in [3.63, 3.8) is 0 Å². The molecule has 2 unspecified atom stereocenters. The van der Waals surface area contributed by atoms with Crippen LogP contribution in [0.25, 0.3) is 0 Å². The predicted octanol–water partition coefficient (Wildman–Crippen LogP) is 1.55. The van der Waals surface area contributed by atoms with Gasteiger partial charge in [0.25, 0.3) is 0 Å². The molecule has 6 heteroatoms. The second-order valence-electron chi connectivity index (χ2n) is 6.27. The molecule has 2 rings (SSSR count). The number of aliphatic imine (C=N–C) groups is 1. The van der Waals surface area contributed by atoms with Crippen LogP contribution in [0, 0.1) is 0 Å². The zero-order chi connectivity index (χ0) is 15.8. The second kappa shape index (κ2) is 9.63. The molecule has 0 aliphatic heterocycles. The molecule has 5 nitrogen and oxygen atoms in total. The lowest BCUT2D eigenvalue weighted by Gasteiger charge is -2.23. The van der Waals surface area contributed by atoms with Crippen LogP contribution in [-0.2, 0) is 4.74 Å². The van der Waals surface area contributed by atoms with Gasteiger partial charge in [-0.15, -0.1) is 0 Å². The Bertz CT molecular complexity index is 349. The molecule has 22 heavy (non-hydrogen) atoms. The van der Waals surface area contributed by atoms with E-state index in [4.69, 9.17) is 4.74 Å². The van der Waals surface area contributed by atoms with Gasteiger partial charge in [-0.25, -0.2) is 0 Å². The molecule has 2 fully saturated rings. The molecule has 0 spiro atoms. The summed E-state index contributed by atoms with van der Waals surface area (Å²) in [7, 11) is 3.64. The van der Waals surface area contributed by atoms with Crippen molar-refractivity contribution in [3.8, 4) is 0 Å². The first kappa shape index (κ1) is 17.9. The summed E-state index contributed by atoms with van der Waals surface area (Å²) < 4.78 is 5.21. The van der Waals surface area contributed by atoms with Crippen LogP contribution in [0.15, 0.2) is 4.99 Å². The van der Waals surface area contributed by atoms with E-state index in [2.05, 4.69) is 26.8 Å². The number of rotatable bonds is 9. The molecule has 0 radical (unpaired) electrons. The molecule has 0 aromatic carbocycles. The Balaban J connectivity index is 1.65. The van der Waals surface area contributed by atoms with Crippen molar-refractivity contribution < 1.29 is 4.74 Å². The third-order valence-corrected chi connectivity index (χ3v) is 5.71. The van der Waals surface area contributed by atoms with Crippen LogP contribution in [0.1, 0.15) is 32.1 Å². The lowest BCUT2D eigenvalue weighted by molar-refractivity contribution is 0.144. The summed E-state index contributed by atoms with van der Waals surface area (Å²) in [4.78, 5) is 6.90. The molecule has 0 bridgehead atoms. The van der Waals surface area contributed by atoms with Gasteiger partial charge < -0.3 is 15.4 Å². The molecule has 0 amide bonds. The number of hydrogen-bond acceptors (Lipinski definition) is 4. The van der Waals surface area contributed by atoms with Crippen LogP contribution in [0.4, 0.5) is 0 Å². The molecule has 2 atom stereocenters. The van der Waals surface area contributed by atoms with Crippen LogP contribution in [-0.4, -0.2) is 74.8 Å². The zero-order valence-corrected chi connectivity index (χ0v) is 15.1. The van der Waals surface area contributed by atoms with Crippen LogP contribution in [0.3, 0.4) is 0 Å². The fraction of sp³-hybridized carbons (Fsp3) is 0.938. The van der Waals surface area contributed by atoms with Crippen molar-refractivity contribution in [3.05, 3.63) is 0 Å². The number of nitrogens with zero attached hydrogens (tertiary/aromatic N) is 2. The summed E-state index contributed by atoms with van der Waals surface area (Å²) >= 11 is 1.99. The maximum Gasteiger partial charge on any atom is 0.191 e. The lowest BCUT2D eigenvalue weighted by atomic mass is 10.2. The van der Waals surface area contributed by atoms with E-state index < -0.39 is 0 Å². The average Bonchev–Trinajstić information content (AvgIpc) is 3.28. The molecular formula is C16H32N4OS. The van der Waals surface area contributed by atoms with Crippen LogP contribution < -0.4 is 10.6 Å². The first-order valence-electron chi connectivity index (χ1n) is 8.49. The highest BCUT2D eigenvalue weighted by Crippen LogP contribution is 2.28. The maximum atomic E-state index is 5.21. The Morgan fingerprint density at radius 3 is 2.68 bits per heavy atom. The quantitative estimate of drug-likeness (QED) is 0.497. The summed E-state index contributed by atoms with van der Waals surface area (Å²) in [6, 6.07) is 1.36. The predicted molar refractivity (Wildman–Crippen MR) is 95.9 cm³/mol. The van der Waals surface area contributed by atoms with Crippen molar-refractivity contribution in [1.29, 1.82) is 0 Å². The van der Waals surface area contributed by atoms with Gasteiger partial charge >= 0.3 is 0 Å². The molecule has 0 saturated heterocycles. The fourth-order valence-corrected chi connectivity index (χ4v) is 3.91. The highest BCUT2D eigenvalue weighted by atomic mass is 32.2. The van der Waals surface area contributed by atoms with E-state index in [1.165, 1.54) is 32.1 Å². The van der Waals surface area contributed by atoms with Crippen molar-refractivity contribution in [2.24, 2.45) is 4.99 Å². The number of methoxy groups -OCH3 is 1. The standard InChI is InChI=1S/C16H32N4OS/c1-17-16(19-13-4-7-15(12-13)22-3)18-8-9-20(10-11-21-2)14-5-6-14/h13-15H,4-12H2,1-3H3,(H2,17,18,19). The fourth-order valence-electron chi connectivity index (χ4n) is 3.12. The van der Waals surface area contributed by atoms with Gasteiger partial charge in [0.1, 0.15) is 0 Å². The van der Waals surface area contributed by atoms with Crippen LogP contribution in [0.2, 0.25) is 0 Å². The minimum Gasteiger partial charge on any atom is -0.383 e. The Hall–Kier alpha value is -0.460. The Labute approximate surface area is 139 Å². The van der Waals surface area contributed by atoms with Crippen molar-refractivity contribution in [2.75, 3.05) is 46.7 Å². The van der Waals surface area contributed by atoms with Crippen molar-refractivity contribution in [2.45, 2.75) is 49.4 Å². The van der Waals surface area contributed by atoms with Gasteiger partial charge in [-0.3, -0.25) is 9.89 Å². The van der Waals surface area contributed by atoms with E-state index in [9.17, 15) is 0 Å². The summed E-state index contributed by atoms with van der Waals surface area (Å²) in [5.41, 5.74) is 0. The molecular weight excluding hydrogens is 296 g/mol. The Morgan fingerprint density at radius 1 is 1.27 bits per heavy atom. The van der Waals surface area contributed by atoms with E-state index in [0.717, 1.165) is 43.5 Å². The van der Waals surface area contributed by atoms with Gasteiger partial charge in [-0.2, -0.15) is 11.8 Å². The Morgan fingerprint density at radius 2 is 2.09 bits per heavy atom. The molecule has 0 heterocycles. The number of thioether (sulfide) groups is 1. The van der Waals surface area contributed by atoms with E-state index in [1.807, 2.05) is 18.8 Å². The summed E-state index contributed by atoms with van der Waals surface area (Å²) in [6.07, 6.45) is 8.73. The van der Waals surface area contributed by atoms with Crippen molar-refractivity contribution >= 4 is 17.7 Å². The Kier molecular flexibility index (Phi) is 7.83. The third-order valence-electron chi connectivity index (χ3n) is 4.62. The number of hydrogen-bond donors (Lipinski definition) is 2. The minimum absolute atomic E-state index is 0.580. The maximum absolute atomic E-state index is 5.21. The number of guanidine groups is 1. The van der Waals surface area contributed by atoms with E-state index in [-0.39, 0.29) is 0 Å². The SMILES string of the molecule is CN=C(NCCN(CCOC)C1CC1)NC1CCC(SC)C1.